The maximum Gasteiger partial charge on any atom is 0.166 e. The second-order valence-electron chi connectivity index (χ2n) is 11.2. The number of hydrogen-bond donors (Lipinski definition) is 3. The molecule has 3 fully saturated rings. The van der Waals surface area contributed by atoms with Crippen LogP contribution < -0.4 is 0 Å². The van der Waals surface area contributed by atoms with E-state index in [0.29, 0.717) is 36.0 Å². The summed E-state index contributed by atoms with van der Waals surface area (Å²) in [6.45, 7) is 13.3. The Morgan fingerprint density at radius 3 is 2.50 bits per heavy atom. The topological polar surface area (TPSA) is 60.7 Å². The molecule has 5 atom stereocenters. The monoisotopic (exact) mass is 416 g/mol. The second-order valence-corrected chi connectivity index (χ2v) is 11.2. The number of rotatable bonds is 6. The van der Waals surface area contributed by atoms with Crippen LogP contribution in [0.4, 0.5) is 0 Å². The first-order valence-electron chi connectivity index (χ1n) is 12.2. The Labute approximate surface area is 184 Å². The summed E-state index contributed by atoms with van der Waals surface area (Å²) in [5.74, 6) is 0.767. The van der Waals surface area contributed by atoms with Crippen molar-refractivity contribution in [3.63, 3.8) is 0 Å². The van der Waals surface area contributed by atoms with Gasteiger partial charge in [0.05, 0.1) is 6.10 Å². The summed E-state index contributed by atoms with van der Waals surface area (Å²) in [6, 6.07) is 0. The lowest BCUT2D eigenvalue weighted by molar-refractivity contribution is -0.166. The quantitative estimate of drug-likeness (QED) is 0.472. The number of aliphatic hydroxyl groups excluding tert-OH is 1. The van der Waals surface area contributed by atoms with Crippen molar-refractivity contribution in [1.82, 2.24) is 0 Å². The molecule has 0 aromatic rings. The van der Waals surface area contributed by atoms with Crippen LogP contribution in [0.5, 0.6) is 0 Å². The minimum absolute atomic E-state index is 0.181. The molecule has 0 radical (unpaired) electrons. The molecular weight excluding hydrogens is 372 g/mol. The molecule has 30 heavy (non-hydrogen) atoms. The zero-order valence-electron chi connectivity index (χ0n) is 19.7. The van der Waals surface area contributed by atoms with Gasteiger partial charge in [-0.25, -0.2) is 0 Å². The van der Waals surface area contributed by atoms with Gasteiger partial charge in [-0.1, -0.05) is 57.6 Å². The molecule has 3 rings (SSSR count). The highest BCUT2D eigenvalue weighted by Gasteiger charge is 2.50. The van der Waals surface area contributed by atoms with Crippen LogP contribution in [-0.4, -0.2) is 27.2 Å². The lowest BCUT2D eigenvalue weighted by Gasteiger charge is -2.44. The first-order valence-corrected chi connectivity index (χ1v) is 12.2. The molecule has 3 N–H and O–H groups in total. The average molecular weight is 417 g/mol. The van der Waals surface area contributed by atoms with Crippen LogP contribution in [0, 0.1) is 29.1 Å². The van der Waals surface area contributed by atoms with E-state index in [1.807, 2.05) is 0 Å². The van der Waals surface area contributed by atoms with Gasteiger partial charge in [-0.2, -0.15) is 0 Å². The average Bonchev–Trinajstić information content (AvgIpc) is 3.04. The minimum Gasteiger partial charge on any atom is -0.393 e. The first-order chi connectivity index (χ1) is 14.0. The molecule has 0 amide bonds. The maximum atomic E-state index is 10.3. The van der Waals surface area contributed by atoms with Crippen LogP contribution in [-0.2, 0) is 0 Å². The third kappa shape index (κ3) is 5.11. The Hall–Kier alpha value is -0.900. The molecule has 0 aliphatic heterocycles. The van der Waals surface area contributed by atoms with Gasteiger partial charge >= 0.3 is 0 Å². The van der Waals surface area contributed by atoms with E-state index in [2.05, 4.69) is 46.4 Å². The molecule has 3 nitrogen and oxygen atoms in total. The highest BCUT2D eigenvalue weighted by molar-refractivity contribution is 5.36. The third-order valence-corrected chi connectivity index (χ3v) is 8.67. The van der Waals surface area contributed by atoms with E-state index in [0.717, 1.165) is 36.3 Å². The van der Waals surface area contributed by atoms with Crippen LogP contribution >= 0.6 is 0 Å². The Balaban J connectivity index is 1.72. The van der Waals surface area contributed by atoms with Gasteiger partial charge in [0.2, 0.25) is 0 Å². The van der Waals surface area contributed by atoms with Gasteiger partial charge in [-0.3, -0.25) is 0 Å². The standard InChI is InChI=1S/C27H44O3/c1-18(2)25(28)13-8-20(4)23-11-12-24-21(7-6-15-26(23,24)5)9-10-22-17-27(29,30)16-14-19(22)3/h9-10,18,20,23-25,28-30H,3,6-8,11-17H2,1-2,4-5H3/b21-9+,22-10-/t20-,23-,24?,25?,26-/m1/s1. The zero-order valence-corrected chi connectivity index (χ0v) is 19.7. The molecule has 0 heterocycles. The van der Waals surface area contributed by atoms with Crippen molar-refractivity contribution in [3.05, 3.63) is 35.5 Å². The minimum atomic E-state index is -1.58. The van der Waals surface area contributed by atoms with E-state index in [4.69, 9.17) is 0 Å². The van der Waals surface area contributed by atoms with E-state index < -0.39 is 5.79 Å². The Bertz CT molecular complexity index is 686. The summed E-state index contributed by atoms with van der Waals surface area (Å²) >= 11 is 0. The summed E-state index contributed by atoms with van der Waals surface area (Å²) in [5.41, 5.74) is 3.95. The van der Waals surface area contributed by atoms with Gasteiger partial charge < -0.3 is 15.3 Å². The largest absolute Gasteiger partial charge is 0.393 e. The van der Waals surface area contributed by atoms with Crippen molar-refractivity contribution < 1.29 is 15.3 Å². The van der Waals surface area contributed by atoms with Crippen LogP contribution in [0.3, 0.4) is 0 Å². The Morgan fingerprint density at radius 2 is 1.80 bits per heavy atom. The molecule has 0 aromatic carbocycles. The number of fused-ring (bicyclic) bond motifs is 1. The SMILES string of the molecule is C=C1CCC(O)(O)C/C1=C/C=C1\CCC[C@@]2(C)C1CC[C@@H]2[C@H](C)CCC(O)C(C)C. The van der Waals surface area contributed by atoms with Gasteiger partial charge in [0, 0.05) is 12.8 Å². The molecule has 0 bridgehead atoms. The van der Waals surface area contributed by atoms with E-state index in [1.165, 1.54) is 25.7 Å². The summed E-state index contributed by atoms with van der Waals surface area (Å²) in [6.07, 6.45) is 13.8. The van der Waals surface area contributed by atoms with Crippen LogP contribution in [0.1, 0.15) is 91.9 Å². The fourth-order valence-corrected chi connectivity index (χ4v) is 6.60. The second kappa shape index (κ2) is 9.30. The summed E-state index contributed by atoms with van der Waals surface area (Å²) in [4.78, 5) is 0. The predicted octanol–water partition coefficient (Wildman–Crippen LogP) is 5.91. The first kappa shape index (κ1) is 23.8. The molecular formula is C27H44O3. The van der Waals surface area contributed by atoms with Crippen molar-refractivity contribution in [1.29, 1.82) is 0 Å². The summed E-state index contributed by atoms with van der Waals surface area (Å²) < 4.78 is 0. The highest BCUT2D eigenvalue weighted by Crippen LogP contribution is 2.60. The summed E-state index contributed by atoms with van der Waals surface area (Å²) in [7, 11) is 0. The van der Waals surface area contributed by atoms with Crippen molar-refractivity contribution in [2.75, 3.05) is 0 Å². The smallest absolute Gasteiger partial charge is 0.166 e. The predicted molar refractivity (Wildman–Crippen MR) is 124 cm³/mol. The lowest BCUT2D eigenvalue weighted by atomic mass is 9.60. The Morgan fingerprint density at radius 1 is 1.07 bits per heavy atom. The molecule has 0 saturated heterocycles. The van der Waals surface area contributed by atoms with Crippen LogP contribution in [0.2, 0.25) is 0 Å². The fourth-order valence-electron chi connectivity index (χ4n) is 6.60. The maximum absolute atomic E-state index is 10.3. The molecule has 3 aliphatic carbocycles. The van der Waals surface area contributed by atoms with Gasteiger partial charge in [-0.05, 0) is 86.0 Å². The molecule has 170 valence electrons. The highest BCUT2D eigenvalue weighted by atomic mass is 16.5. The van der Waals surface area contributed by atoms with Crippen molar-refractivity contribution >= 4 is 0 Å². The molecule has 3 heteroatoms. The number of allylic oxidation sites excluding steroid dienone is 4. The van der Waals surface area contributed by atoms with E-state index >= 15 is 0 Å². The number of aliphatic hydroxyl groups is 3. The molecule has 0 spiro atoms. The lowest BCUT2D eigenvalue weighted by Crippen LogP contribution is -2.36. The molecule has 3 saturated carbocycles. The van der Waals surface area contributed by atoms with Gasteiger partial charge in [-0.15, -0.1) is 0 Å². The number of hydrogen-bond acceptors (Lipinski definition) is 3. The molecule has 0 aromatic heterocycles. The Kier molecular flexibility index (Phi) is 7.37. The summed E-state index contributed by atoms with van der Waals surface area (Å²) in [5, 5.41) is 30.3. The van der Waals surface area contributed by atoms with Gasteiger partial charge in [0.15, 0.2) is 5.79 Å². The third-order valence-electron chi connectivity index (χ3n) is 8.67. The van der Waals surface area contributed by atoms with E-state index in [-0.39, 0.29) is 12.5 Å². The van der Waals surface area contributed by atoms with Crippen LogP contribution in [0.15, 0.2) is 35.5 Å². The van der Waals surface area contributed by atoms with Crippen molar-refractivity contribution in [2.45, 2.75) is 104 Å². The van der Waals surface area contributed by atoms with Crippen molar-refractivity contribution in [2.24, 2.45) is 29.1 Å². The van der Waals surface area contributed by atoms with Gasteiger partial charge in [0.1, 0.15) is 0 Å². The van der Waals surface area contributed by atoms with Crippen molar-refractivity contribution in [3.8, 4) is 0 Å². The fraction of sp³-hybridized carbons (Fsp3) is 0.778. The van der Waals surface area contributed by atoms with E-state index in [1.54, 1.807) is 5.57 Å². The molecule has 2 unspecified atom stereocenters. The van der Waals surface area contributed by atoms with E-state index in [9.17, 15) is 15.3 Å². The normalized spacial score (nSPS) is 36.3. The molecule has 3 aliphatic rings. The zero-order chi connectivity index (χ0) is 22.1. The van der Waals surface area contributed by atoms with Crippen LogP contribution in [0.25, 0.3) is 0 Å². The van der Waals surface area contributed by atoms with Gasteiger partial charge in [0.25, 0.3) is 0 Å².